The number of hydrogen-bond acceptors (Lipinski definition) is 5. The predicted molar refractivity (Wildman–Crippen MR) is 63.3 cm³/mol. The van der Waals surface area contributed by atoms with Crippen molar-refractivity contribution >= 4 is 17.2 Å². The topological polar surface area (TPSA) is 61.6 Å². The molecule has 2 aromatic rings. The fourth-order valence-electron chi connectivity index (χ4n) is 1.31. The molecular formula is C11H10N4S. The predicted octanol–water partition coefficient (Wildman–Crippen LogP) is 2.06. The lowest BCUT2D eigenvalue weighted by Gasteiger charge is -2.04. The number of nitrogens with one attached hydrogen (secondary N) is 1. The van der Waals surface area contributed by atoms with Crippen molar-refractivity contribution in [3.63, 3.8) is 0 Å². The molecule has 0 atom stereocenters. The second-order valence-corrected chi connectivity index (χ2v) is 3.95. The van der Waals surface area contributed by atoms with E-state index in [1.54, 1.807) is 17.5 Å². The van der Waals surface area contributed by atoms with Crippen LogP contribution < -0.4 is 5.32 Å². The van der Waals surface area contributed by atoms with Gasteiger partial charge >= 0.3 is 0 Å². The standard InChI is InChI=1S/C11H10N4S/c12-7-10-11(15-5-4-13-10)14-3-1-9-2-6-16-8-9/h2,4-6,8H,1,3H2,(H,14,15). The molecule has 0 saturated heterocycles. The van der Waals surface area contributed by atoms with Crippen molar-refractivity contribution in [3.8, 4) is 6.07 Å². The Morgan fingerprint density at radius 3 is 3.00 bits per heavy atom. The minimum atomic E-state index is 0.341. The van der Waals surface area contributed by atoms with Gasteiger partial charge < -0.3 is 5.32 Å². The highest BCUT2D eigenvalue weighted by molar-refractivity contribution is 7.07. The molecule has 0 aromatic carbocycles. The molecule has 0 radical (unpaired) electrons. The van der Waals surface area contributed by atoms with Gasteiger partial charge in [0.1, 0.15) is 6.07 Å². The molecule has 16 heavy (non-hydrogen) atoms. The maximum Gasteiger partial charge on any atom is 0.182 e. The fourth-order valence-corrected chi connectivity index (χ4v) is 2.01. The van der Waals surface area contributed by atoms with Gasteiger partial charge in [-0.2, -0.15) is 16.6 Å². The van der Waals surface area contributed by atoms with Crippen LogP contribution in [0.15, 0.2) is 29.2 Å². The first-order chi connectivity index (χ1) is 7.90. The Hall–Kier alpha value is -1.93. The normalized spacial score (nSPS) is 9.69. The number of rotatable bonds is 4. The number of thiophene rings is 1. The number of aromatic nitrogens is 2. The van der Waals surface area contributed by atoms with Crippen molar-refractivity contribution in [3.05, 3.63) is 40.5 Å². The molecule has 2 rings (SSSR count). The summed E-state index contributed by atoms with van der Waals surface area (Å²) in [6, 6.07) is 4.10. The van der Waals surface area contributed by atoms with Gasteiger partial charge in [0.05, 0.1) is 0 Å². The van der Waals surface area contributed by atoms with E-state index in [2.05, 4.69) is 32.1 Å². The molecule has 2 aromatic heterocycles. The van der Waals surface area contributed by atoms with Gasteiger partial charge in [-0.25, -0.2) is 9.97 Å². The van der Waals surface area contributed by atoms with E-state index >= 15 is 0 Å². The zero-order valence-electron chi connectivity index (χ0n) is 8.55. The van der Waals surface area contributed by atoms with Crippen molar-refractivity contribution in [2.45, 2.75) is 6.42 Å². The van der Waals surface area contributed by atoms with Crippen molar-refractivity contribution in [1.82, 2.24) is 9.97 Å². The Morgan fingerprint density at radius 1 is 1.38 bits per heavy atom. The van der Waals surface area contributed by atoms with Crippen molar-refractivity contribution in [2.24, 2.45) is 0 Å². The van der Waals surface area contributed by atoms with Gasteiger partial charge in [-0.1, -0.05) is 0 Å². The third-order valence-corrected chi connectivity index (χ3v) is 2.82. The summed E-state index contributed by atoms with van der Waals surface area (Å²) >= 11 is 1.69. The molecule has 0 bridgehead atoms. The molecule has 4 nitrogen and oxygen atoms in total. The van der Waals surface area contributed by atoms with Crippen molar-refractivity contribution < 1.29 is 0 Å². The van der Waals surface area contributed by atoms with E-state index in [-0.39, 0.29) is 0 Å². The molecule has 0 unspecified atom stereocenters. The molecular weight excluding hydrogens is 220 g/mol. The Labute approximate surface area is 97.6 Å². The maximum absolute atomic E-state index is 8.81. The van der Waals surface area contributed by atoms with E-state index in [1.807, 2.05) is 6.07 Å². The number of nitriles is 1. The molecule has 1 N–H and O–H groups in total. The summed E-state index contributed by atoms with van der Waals surface area (Å²) < 4.78 is 0. The zero-order chi connectivity index (χ0) is 11.2. The number of anilines is 1. The molecule has 2 heterocycles. The van der Waals surface area contributed by atoms with E-state index < -0.39 is 0 Å². The minimum Gasteiger partial charge on any atom is -0.367 e. The monoisotopic (exact) mass is 230 g/mol. The van der Waals surface area contributed by atoms with Crippen LogP contribution in [0.3, 0.4) is 0 Å². The van der Waals surface area contributed by atoms with Crippen LogP contribution in [0.2, 0.25) is 0 Å². The maximum atomic E-state index is 8.81. The SMILES string of the molecule is N#Cc1nccnc1NCCc1ccsc1. The van der Waals surface area contributed by atoms with Crippen molar-refractivity contribution in [2.75, 3.05) is 11.9 Å². The summed E-state index contributed by atoms with van der Waals surface area (Å²) in [4.78, 5) is 8.00. The molecule has 0 aliphatic heterocycles. The first-order valence-corrected chi connectivity index (χ1v) is 5.80. The quantitative estimate of drug-likeness (QED) is 0.873. The second-order valence-electron chi connectivity index (χ2n) is 3.17. The van der Waals surface area contributed by atoms with Gasteiger partial charge in [-0.3, -0.25) is 0 Å². The van der Waals surface area contributed by atoms with Gasteiger partial charge in [0, 0.05) is 18.9 Å². The van der Waals surface area contributed by atoms with Crippen LogP contribution in [0, 0.1) is 11.3 Å². The van der Waals surface area contributed by atoms with Crippen LogP contribution in [0.5, 0.6) is 0 Å². The lowest BCUT2D eigenvalue weighted by molar-refractivity contribution is 1.00. The molecule has 0 aliphatic rings. The summed E-state index contributed by atoms with van der Waals surface area (Å²) in [5, 5.41) is 16.1. The van der Waals surface area contributed by atoms with E-state index in [0.29, 0.717) is 11.5 Å². The van der Waals surface area contributed by atoms with E-state index in [0.717, 1.165) is 13.0 Å². The Morgan fingerprint density at radius 2 is 2.25 bits per heavy atom. The lowest BCUT2D eigenvalue weighted by atomic mass is 10.2. The van der Waals surface area contributed by atoms with E-state index in [4.69, 9.17) is 5.26 Å². The van der Waals surface area contributed by atoms with Crippen LogP contribution in [-0.2, 0) is 6.42 Å². The van der Waals surface area contributed by atoms with Gasteiger partial charge in [0.15, 0.2) is 11.5 Å². The highest BCUT2D eigenvalue weighted by atomic mass is 32.1. The van der Waals surface area contributed by atoms with Crippen LogP contribution in [0.4, 0.5) is 5.82 Å². The van der Waals surface area contributed by atoms with Gasteiger partial charge in [-0.15, -0.1) is 0 Å². The Balaban J connectivity index is 1.93. The lowest BCUT2D eigenvalue weighted by Crippen LogP contribution is -2.08. The third-order valence-electron chi connectivity index (χ3n) is 2.09. The van der Waals surface area contributed by atoms with Crippen molar-refractivity contribution in [1.29, 1.82) is 5.26 Å². The number of hydrogen-bond donors (Lipinski definition) is 1. The minimum absolute atomic E-state index is 0.341. The molecule has 0 fully saturated rings. The third kappa shape index (κ3) is 2.55. The van der Waals surface area contributed by atoms with Gasteiger partial charge in [0.2, 0.25) is 0 Å². The zero-order valence-corrected chi connectivity index (χ0v) is 9.37. The summed E-state index contributed by atoms with van der Waals surface area (Å²) in [7, 11) is 0. The molecule has 0 spiro atoms. The van der Waals surface area contributed by atoms with Crippen LogP contribution in [0.25, 0.3) is 0 Å². The van der Waals surface area contributed by atoms with Crippen LogP contribution in [0.1, 0.15) is 11.3 Å². The second kappa shape index (κ2) is 5.24. The number of nitrogens with zero attached hydrogens (tertiary/aromatic N) is 3. The molecule has 0 aliphatic carbocycles. The molecule has 5 heteroatoms. The Kier molecular flexibility index (Phi) is 3.46. The summed E-state index contributed by atoms with van der Waals surface area (Å²) in [5.74, 6) is 0.556. The molecule has 0 amide bonds. The molecule has 0 saturated carbocycles. The van der Waals surface area contributed by atoms with E-state index in [1.165, 1.54) is 11.8 Å². The first kappa shape index (κ1) is 10.6. The highest BCUT2D eigenvalue weighted by Gasteiger charge is 2.02. The van der Waals surface area contributed by atoms with Crippen LogP contribution >= 0.6 is 11.3 Å². The fraction of sp³-hybridized carbons (Fsp3) is 0.182. The summed E-state index contributed by atoms with van der Waals surface area (Å²) in [5.41, 5.74) is 1.63. The molecule has 80 valence electrons. The summed E-state index contributed by atoms with van der Waals surface area (Å²) in [6.45, 7) is 0.754. The van der Waals surface area contributed by atoms with E-state index in [9.17, 15) is 0 Å². The largest absolute Gasteiger partial charge is 0.367 e. The smallest absolute Gasteiger partial charge is 0.182 e. The van der Waals surface area contributed by atoms with Gasteiger partial charge in [0.25, 0.3) is 0 Å². The van der Waals surface area contributed by atoms with Gasteiger partial charge in [-0.05, 0) is 28.8 Å². The Bertz CT molecular complexity index is 487. The average Bonchev–Trinajstić information content (AvgIpc) is 2.83. The highest BCUT2D eigenvalue weighted by Crippen LogP contribution is 2.09. The average molecular weight is 230 g/mol. The first-order valence-electron chi connectivity index (χ1n) is 4.86. The summed E-state index contributed by atoms with van der Waals surface area (Å²) in [6.07, 6.45) is 4.02. The van der Waals surface area contributed by atoms with Crippen LogP contribution in [-0.4, -0.2) is 16.5 Å².